The van der Waals surface area contributed by atoms with E-state index >= 15 is 0 Å². The molecule has 0 nitrogen and oxygen atoms in total. The molecule has 0 saturated carbocycles. The zero-order valence-electron chi connectivity index (χ0n) is 23.5. The van der Waals surface area contributed by atoms with Crippen molar-refractivity contribution >= 4 is 10.8 Å². The standard InChI is InChI=1S/C40H32/c1-39(2)33-21-22-34-38-32(30-18-16-28(24-36(30)40(34,3)4)26-13-9-6-10-14-26)20-19-31(37(33)38)29-17-15-27(23-35(29)39)25-11-7-5-8-12-25/h5-24H,1-4H3. The normalized spacial score (nSPS) is 15.4. The smallest absolute Gasteiger partial charge is 0.0159 e. The number of fused-ring (bicyclic) bond motifs is 4. The molecule has 2 aliphatic carbocycles. The Morgan fingerprint density at radius 1 is 0.325 bits per heavy atom. The molecule has 0 spiro atoms. The minimum Gasteiger partial charge on any atom is -0.0622 e. The van der Waals surface area contributed by atoms with E-state index in [0.29, 0.717) is 0 Å². The molecule has 0 heterocycles. The molecule has 0 fully saturated rings. The van der Waals surface area contributed by atoms with Crippen LogP contribution in [0.15, 0.2) is 121 Å². The molecule has 6 aromatic carbocycles. The maximum absolute atomic E-state index is 2.43. The highest BCUT2D eigenvalue weighted by atomic mass is 14.4. The van der Waals surface area contributed by atoms with Crippen LogP contribution in [-0.4, -0.2) is 0 Å². The second-order valence-corrected chi connectivity index (χ2v) is 12.6. The minimum absolute atomic E-state index is 0.105. The zero-order chi connectivity index (χ0) is 27.2. The summed E-state index contributed by atoms with van der Waals surface area (Å²) in [6.45, 7) is 9.62. The number of hydrogen-bond donors (Lipinski definition) is 0. The summed E-state index contributed by atoms with van der Waals surface area (Å²) in [5, 5.41) is 2.87. The van der Waals surface area contributed by atoms with Crippen molar-refractivity contribution in [1.29, 1.82) is 0 Å². The third-order valence-corrected chi connectivity index (χ3v) is 9.69. The molecular formula is C40H32. The molecule has 0 amide bonds. The van der Waals surface area contributed by atoms with Crippen LogP contribution >= 0.6 is 0 Å². The molecule has 0 heteroatoms. The van der Waals surface area contributed by atoms with Crippen molar-refractivity contribution in [2.45, 2.75) is 38.5 Å². The van der Waals surface area contributed by atoms with Gasteiger partial charge in [-0.2, -0.15) is 0 Å². The van der Waals surface area contributed by atoms with E-state index in [0.717, 1.165) is 0 Å². The topological polar surface area (TPSA) is 0 Å². The van der Waals surface area contributed by atoms with Gasteiger partial charge in [0.2, 0.25) is 0 Å². The molecule has 6 aromatic rings. The Hall–Kier alpha value is -4.42. The van der Waals surface area contributed by atoms with E-state index in [4.69, 9.17) is 0 Å². The molecule has 192 valence electrons. The van der Waals surface area contributed by atoms with Crippen molar-refractivity contribution in [2.75, 3.05) is 0 Å². The van der Waals surface area contributed by atoms with E-state index in [1.54, 1.807) is 0 Å². The van der Waals surface area contributed by atoms with Gasteiger partial charge in [-0.05, 0) is 89.7 Å². The van der Waals surface area contributed by atoms with Gasteiger partial charge in [0.25, 0.3) is 0 Å². The molecule has 2 aliphatic rings. The lowest BCUT2D eigenvalue weighted by molar-refractivity contribution is 0.633. The van der Waals surface area contributed by atoms with Crippen LogP contribution in [0.5, 0.6) is 0 Å². The Morgan fingerprint density at radius 2 is 0.700 bits per heavy atom. The Kier molecular flexibility index (Phi) is 4.73. The minimum atomic E-state index is -0.105. The van der Waals surface area contributed by atoms with Crippen LogP contribution < -0.4 is 0 Å². The number of benzene rings is 6. The Morgan fingerprint density at radius 3 is 1.10 bits per heavy atom. The van der Waals surface area contributed by atoms with Crippen molar-refractivity contribution in [3.63, 3.8) is 0 Å². The third kappa shape index (κ3) is 3.08. The van der Waals surface area contributed by atoms with Crippen molar-refractivity contribution in [3.05, 3.63) is 144 Å². The van der Waals surface area contributed by atoms with Crippen LogP contribution in [0.25, 0.3) is 55.3 Å². The largest absolute Gasteiger partial charge is 0.0622 e. The summed E-state index contributed by atoms with van der Waals surface area (Å²) in [7, 11) is 0. The Labute approximate surface area is 237 Å². The first-order valence-corrected chi connectivity index (χ1v) is 14.4. The summed E-state index contributed by atoms with van der Waals surface area (Å²) in [6, 6.07) is 45.3. The molecule has 0 radical (unpaired) electrons. The van der Waals surface area contributed by atoms with Crippen molar-refractivity contribution in [3.8, 4) is 44.5 Å². The summed E-state index contributed by atoms with van der Waals surface area (Å²) in [6.07, 6.45) is 0. The first-order chi connectivity index (χ1) is 19.4. The van der Waals surface area contributed by atoms with E-state index in [2.05, 4.69) is 149 Å². The van der Waals surface area contributed by atoms with E-state index in [-0.39, 0.29) is 10.8 Å². The second kappa shape index (κ2) is 8.05. The van der Waals surface area contributed by atoms with Gasteiger partial charge < -0.3 is 0 Å². The van der Waals surface area contributed by atoms with Gasteiger partial charge in [0.1, 0.15) is 0 Å². The van der Waals surface area contributed by atoms with Gasteiger partial charge in [-0.3, -0.25) is 0 Å². The van der Waals surface area contributed by atoms with Crippen LogP contribution in [0, 0.1) is 0 Å². The molecule has 0 atom stereocenters. The highest BCUT2D eigenvalue weighted by molar-refractivity contribution is 6.13. The maximum Gasteiger partial charge on any atom is 0.0159 e. The molecule has 0 unspecified atom stereocenters. The fourth-order valence-electron chi connectivity index (χ4n) is 7.49. The lowest BCUT2D eigenvalue weighted by atomic mass is 9.62. The van der Waals surface area contributed by atoms with Crippen molar-refractivity contribution in [2.24, 2.45) is 0 Å². The van der Waals surface area contributed by atoms with E-state index in [9.17, 15) is 0 Å². The average Bonchev–Trinajstić information content (AvgIpc) is 2.99. The molecule has 0 bridgehead atoms. The van der Waals surface area contributed by atoms with Gasteiger partial charge in [0, 0.05) is 10.8 Å². The second-order valence-electron chi connectivity index (χ2n) is 12.6. The third-order valence-electron chi connectivity index (χ3n) is 9.69. The SMILES string of the molecule is CC1(C)c2cc(-c3ccccc3)ccc2-c2ccc3c4c(ccc1c24)C(C)(C)c1cc(-c2ccccc2)ccc1-3. The molecular weight excluding hydrogens is 480 g/mol. The van der Waals surface area contributed by atoms with Gasteiger partial charge >= 0.3 is 0 Å². The van der Waals surface area contributed by atoms with Gasteiger partial charge in [-0.15, -0.1) is 0 Å². The van der Waals surface area contributed by atoms with E-state index < -0.39 is 0 Å². The zero-order valence-corrected chi connectivity index (χ0v) is 23.5. The monoisotopic (exact) mass is 512 g/mol. The maximum atomic E-state index is 2.43. The highest BCUT2D eigenvalue weighted by Gasteiger charge is 2.39. The van der Waals surface area contributed by atoms with Crippen molar-refractivity contribution < 1.29 is 0 Å². The first kappa shape index (κ1) is 23.5. The summed E-state index contributed by atoms with van der Waals surface area (Å²) >= 11 is 0. The lowest BCUT2D eigenvalue weighted by Crippen LogP contribution is -2.28. The summed E-state index contributed by atoms with van der Waals surface area (Å²) in [5.41, 5.74) is 16.0. The fraction of sp³-hybridized carbons (Fsp3) is 0.150. The summed E-state index contributed by atoms with van der Waals surface area (Å²) < 4.78 is 0. The quantitative estimate of drug-likeness (QED) is 0.216. The molecule has 40 heavy (non-hydrogen) atoms. The summed E-state index contributed by atoms with van der Waals surface area (Å²) in [5.74, 6) is 0. The fourth-order valence-corrected chi connectivity index (χ4v) is 7.49. The van der Waals surface area contributed by atoms with Crippen LogP contribution in [0.3, 0.4) is 0 Å². The Balaban J connectivity index is 1.39. The van der Waals surface area contributed by atoms with E-state index in [1.807, 2.05) is 0 Å². The predicted octanol–water partition coefficient (Wildman–Crippen LogP) is 10.8. The van der Waals surface area contributed by atoms with Crippen LogP contribution in [0.4, 0.5) is 0 Å². The van der Waals surface area contributed by atoms with Crippen LogP contribution in [-0.2, 0) is 10.8 Å². The molecule has 0 aromatic heterocycles. The summed E-state index contributed by atoms with van der Waals surface area (Å²) in [4.78, 5) is 0. The van der Waals surface area contributed by atoms with E-state index in [1.165, 1.54) is 77.5 Å². The Bertz CT molecular complexity index is 1830. The number of rotatable bonds is 2. The molecule has 0 aliphatic heterocycles. The van der Waals surface area contributed by atoms with Gasteiger partial charge in [0.05, 0.1) is 0 Å². The average molecular weight is 513 g/mol. The molecule has 0 saturated heterocycles. The lowest BCUT2D eigenvalue weighted by Gasteiger charge is -2.40. The van der Waals surface area contributed by atoms with Crippen molar-refractivity contribution in [1.82, 2.24) is 0 Å². The van der Waals surface area contributed by atoms with Crippen LogP contribution in [0.2, 0.25) is 0 Å². The number of hydrogen-bond acceptors (Lipinski definition) is 0. The molecule has 0 N–H and O–H groups in total. The van der Waals surface area contributed by atoms with Gasteiger partial charge in [-0.1, -0.05) is 137 Å². The highest BCUT2D eigenvalue weighted by Crippen LogP contribution is 2.56. The van der Waals surface area contributed by atoms with Crippen LogP contribution in [0.1, 0.15) is 49.9 Å². The van der Waals surface area contributed by atoms with Gasteiger partial charge in [-0.25, -0.2) is 0 Å². The first-order valence-electron chi connectivity index (χ1n) is 14.4. The van der Waals surface area contributed by atoms with Gasteiger partial charge in [0.15, 0.2) is 0 Å². The predicted molar refractivity (Wildman–Crippen MR) is 170 cm³/mol. The molecule has 8 rings (SSSR count).